The predicted octanol–water partition coefficient (Wildman–Crippen LogP) is 2.13. The highest BCUT2D eigenvalue weighted by Crippen LogP contribution is 2.18. The fourth-order valence-corrected chi connectivity index (χ4v) is 3.34. The molecule has 0 bridgehead atoms. The summed E-state index contributed by atoms with van der Waals surface area (Å²) < 4.78 is 5.13. The van der Waals surface area contributed by atoms with Gasteiger partial charge in [-0.3, -0.25) is 9.89 Å². The number of guanidine groups is 1. The molecule has 1 atom stereocenters. The lowest BCUT2D eigenvalue weighted by Gasteiger charge is -2.35. The summed E-state index contributed by atoms with van der Waals surface area (Å²) in [7, 11) is 0. The Balaban J connectivity index is 1.69. The number of likely N-dealkylation sites (tertiary alicyclic amines) is 1. The van der Waals surface area contributed by atoms with E-state index in [1.165, 1.54) is 32.2 Å². The highest BCUT2D eigenvalue weighted by molar-refractivity contribution is 5.79. The van der Waals surface area contributed by atoms with E-state index in [-0.39, 0.29) is 0 Å². The molecule has 0 aliphatic carbocycles. The van der Waals surface area contributed by atoms with Gasteiger partial charge in [-0.05, 0) is 46.1 Å². The van der Waals surface area contributed by atoms with Crippen LogP contribution in [0.3, 0.4) is 0 Å². The first-order valence-corrected chi connectivity index (χ1v) is 9.78. The Labute approximate surface area is 151 Å². The van der Waals surface area contributed by atoms with E-state index in [1.807, 2.05) is 6.92 Å². The average Bonchev–Trinajstić information content (AvgIpc) is 3.04. The van der Waals surface area contributed by atoms with Gasteiger partial charge in [0.05, 0.1) is 0 Å². The van der Waals surface area contributed by atoms with Gasteiger partial charge in [-0.2, -0.15) is 4.98 Å². The van der Waals surface area contributed by atoms with Crippen molar-refractivity contribution in [3.63, 3.8) is 0 Å². The average molecular weight is 351 g/mol. The molecule has 7 nitrogen and oxygen atoms in total. The number of aromatic nitrogens is 2. The highest BCUT2D eigenvalue weighted by Gasteiger charge is 2.19. The van der Waals surface area contributed by atoms with Crippen LogP contribution < -0.4 is 10.6 Å². The van der Waals surface area contributed by atoms with Crippen molar-refractivity contribution >= 4 is 5.96 Å². The summed E-state index contributed by atoms with van der Waals surface area (Å²) in [5, 5.41) is 10.6. The molecule has 25 heavy (non-hydrogen) atoms. The van der Waals surface area contributed by atoms with Gasteiger partial charge >= 0.3 is 0 Å². The Morgan fingerprint density at radius 2 is 2.20 bits per heavy atom. The lowest BCUT2D eigenvalue weighted by Crippen LogP contribution is -2.46. The number of nitrogens with zero attached hydrogens (tertiary/aromatic N) is 4. The monoisotopic (exact) mass is 350 g/mol. The molecule has 2 rings (SSSR count). The lowest BCUT2D eigenvalue weighted by atomic mass is 10.0. The molecule has 1 fully saturated rings. The van der Waals surface area contributed by atoms with Gasteiger partial charge < -0.3 is 15.2 Å². The van der Waals surface area contributed by atoms with E-state index in [9.17, 15) is 0 Å². The third-order valence-electron chi connectivity index (χ3n) is 4.64. The van der Waals surface area contributed by atoms with Crippen LogP contribution >= 0.6 is 0 Å². The van der Waals surface area contributed by atoms with Crippen LogP contribution in [-0.2, 0) is 6.42 Å². The Morgan fingerprint density at radius 3 is 2.92 bits per heavy atom. The number of hydrogen-bond donors (Lipinski definition) is 2. The Hall–Kier alpha value is -1.63. The second kappa shape index (κ2) is 11.1. The maximum atomic E-state index is 5.13. The molecule has 2 N–H and O–H groups in total. The molecule has 1 unspecified atom stereocenters. The molecular formula is C18H34N6O. The molecule has 0 saturated carbocycles. The van der Waals surface area contributed by atoms with Crippen molar-refractivity contribution in [3.8, 4) is 0 Å². The largest absolute Gasteiger partial charge is 0.357 e. The summed E-state index contributed by atoms with van der Waals surface area (Å²) in [6.45, 7) is 11.1. The molecular weight excluding hydrogens is 316 g/mol. The minimum absolute atomic E-state index is 0.691. The van der Waals surface area contributed by atoms with Gasteiger partial charge in [-0.25, -0.2) is 0 Å². The summed E-state index contributed by atoms with van der Waals surface area (Å²) >= 11 is 0. The molecule has 1 aromatic rings. The molecule has 7 heteroatoms. The fraction of sp³-hybridized carbons (Fsp3) is 0.833. The van der Waals surface area contributed by atoms with Crippen molar-refractivity contribution in [2.75, 3.05) is 32.7 Å². The molecule has 1 aromatic heterocycles. The topological polar surface area (TPSA) is 78.6 Å². The smallest absolute Gasteiger partial charge is 0.226 e. The zero-order valence-electron chi connectivity index (χ0n) is 16.1. The molecule has 0 amide bonds. The summed E-state index contributed by atoms with van der Waals surface area (Å²) in [4.78, 5) is 11.5. The van der Waals surface area contributed by atoms with E-state index in [1.54, 1.807) is 0 Å². The van der Waals surface area contributed by atoms with Gasteiger partial charge in [0, 0.05) is 38.6 Å². The fourth-order valence-electron chi connectivity index (χ4n) is 3.34. The van der Waals surface area contributed by atoms with Crippen LogP contribution in [0.2, 0.25) is 0 Å². The summed E-state index contributed by atoms with van der Waals surface area (Å²) in [6.07, 6.45) is 6.99. The van der Waals surface area contributed by atoms with Gasteiger partial charge in [0.1, 0.15) is 0 Å². The van der Waals surface area contributed by atoms with Gasteiger partial charge in [-0.1, -0.05) is 18.5 Å². The van der Waals surface area contributed by atoms with E-state index in [2.05, 4.69) is 44.5 Å². The SMILES string of the molecule is CCNC(=NCCCc1nc(C)no1)NCCN1CCCCC1CC. The minimum Gasteiger partial charge on any atom is -0.357 e. The maximum absolute atomic E-state index is 5.13. The zero-order valence-corrected chi connectivity index (χ0v) is 16.1. The first-order valence-electron chi connectivity index (χ1n) is 9.78. The minimum atomic E-state index is 0.691. The van der Waals surface area contributed by atoms with Crippen molar-refractivity contribution in [2.45, 2.75) is 65.3 Å². The van der Waals surface area contributed by atoms with Crippen molar-refractivity contribution < 1.29 is 4.52 Å². The van der Waals surface area contributed by atoms with Gasteiger partial charge in [-0.15, -0.1) is 0 Å². The molecule has 1 aliphatic rings. The molecule has 0 spiro atoms. The number of aliphatic imine (C=N–C) groups is 1. The van der Waals surface area contributed by atoms with E-state index in [0.29, 0.717) is 11.7 Å². The molecule has 0 radical (unpaired) electrons. The number of rotatable bonds is 9. The van der Waals surface area contributed by atoms with Crippen molar-refractivity contribution in [3.05, 3.63) is 11.7 Å². The Kier molecular flexibility index (Phi) is 8.72. The predicted molar refractivity (Wildman–Crippen MR) is 101 cm³/mol. The molecule has 2 heterocycles. The quantitative estimate of drug-likeness (QED) is 0.403. The third kappa shape index (κ3) is 7.02. The second-order valence-corrected chi connectivity index (χ2v) is 6.62. The number of aryl methyl sites for hydroxylation is 2. The molecule has 1 aliphatic heterocycles. The van der Waals surface area contributed by atoms with Crippen LogP contribution in [0.15, 0.2) is 9.52 Å². The van der Waals surface area contributed by atoms with E-state index >= 15 is 0 Å². The molecule has 142 valence electrons. The van der Waals surface area contributed by atoms with Crippen molar-refractivity contribution in [1.82, 2.24) is 25.7 Å². The van der Waals surface area contributed by atoms with Crippen LogP contribution in [0.25, 0.3) is 0 Å². The van der Waals surface area contributed by atoms with Gasteiger partial charge in [0.15, 0.2) is 11.8 Å². The summed E-state index contributed by atoms with van der Waals surface area (Å²) in [5.41, 5.74) is 0. The number of hydrogen-bond acceptors (Lipinski definition) is 5. The number of piperidine rings is 1. The summed E-state index contributed by atoms with van der Waals surface area (Å²) in [5.74, 6) is 2.28. The Morgan fingerprint density at radius 1 is 1.32 bits per heavy atom. The lowest BCUT2D eigenvalue weighted by molar-refractivity contribution is 0.147. The van der Waals surface area contributed by atoms with E-state index in [4.69, 9.17) is 4.52 Å². The first-order chi connectivity index (χ1) is 12.2. The zero-order chi connectivity index (χ0) is 17.9. The molecule has 1 saturated heterocycles. The van der Waals surface area contributed by atoms with Crippen LogP contribution in [0.1, 0.15) is 57.7 Å². The highest BCUT2D eigenvalue weighted by atomic mass is 16.5. The summed E-state index contributed by atoms with van der Waals surface area (Å²) in [6, 6.07) is 0.757. The van der Waals surface area contributed by atoms with Gasteiger partial charge in [0.2, 0.25) is 5.89 Å². The maximum Gasteiger partial charge on any atom is 0.226 e. The van der Waals surface area contributed by atoms with Crippen molar-refractivity contribution in [2.24, 2.45) is 4.99 Å². The third-order valence-corrected chi connectivity index (χ3v) is 4.64. The van der Waals surface area contributed by atoms with Crippen LogP contribution in [0.4, 0.5) is 0 Å². The standard InChI is InChI=1S/C18H34N6O/c1-4-16-9-6-7-13-24(16)14-12-21-18(19-5-2)20-11-8-10-17-22-15(3)23-25-17/h16H,4-14H2,1-3H3,(H2,19,20,21). The van der Waals surface area contributed by atoms with Crippen LogP contribution in [0, 0.1) is 6.92 Å². The van der Waals surface area contributed by atoms with Crippen molar-refractivity contribution in [1.29, 1.82) is 0 Å². The van der Waals surface area contributed by atoms with Gasteiger partial charge in [0.25, 0.3) is 0 Å². The first kappa shape index (κ1) is 19.7. The van der Waals surface area contributed by atoms with Crippen LogP contribution in [0.5, 0.6) is 0 Å². The molecule has 0 aromatic carbocycles. The van der Waals surface area contributed by atoms with E-state index < -0.39 is 0 Å². The normalized spacial score (nSPS) is 19.2. The Bertz CT molecular complexity index is 515. The van der Waals surface area contributed by atoms with E-state index in [0.717, 1.165) is 51.0 Å². The number of nitrogens with one attached hydrogen (secondary N) is 2. The second-order valence-electron chi connectivity index (χ2n) is 6.62. The van der Waals surface area contributed by atoms with Crippen LogP contribution in [-0.4, -0.2) is 59.8 Å².